The van der Waals surface area contributed by atoms with Crippen molar-refractivity contribution >= 4 is 28.5 Å². The Morgan fingerprint density at radius 1 is 1.35 bits per heavy atom. The third-order valence-corrected chi connectivity index (χ3v) is 3.66. The van der Waals surface area contributed by atoms with Crippen LogP contribution < -0.4 is 11.3 Å². The molecular formula is C13H17N3S. The molecule has 17 heavy (non-hydrogen) atoms. The Morgan fingerprint density at radius 3 is 2.82 bits per heavy atom. The molecule has 90 valence electrons. The third-order valence-electron chi connectivity index (χ3n) is 2.51. The average Bonchev–Trinajstić information content (AvgIpc) is 2.35. The van der Waals surface area contributed by atoms with E-state index in [9.17, 15) is 0 Å². The summed E-state index contributed by atoms with van der Waals surface area (Å²) in [5.41, 5.74) is 4.82. The molecule has 0 aliphatic carbocycles. The molecule has 1 aromatic heterocycles. The van der Waals surface area contributed by atoms with Gasteiger partial charge in [-0.3, -0.25) is 0 Å². The normalized spacial score (nSPS) is 11.1. The van der Waals surface area contributed by atoms with Gasteiger partial charge >= 0.3 is 0 Å². The fourth-order valence-corrected chi connectivity index (χ4v) is 2.38. The molecule has 1 aromatic carbocycles. The lowest BCUT2D eigenvalue weighted by molar-refractivity contribution is 1.10. The van der Waals surface area contributed by atoms with E-state index in [1.807, 2.05) is 30.0 Å². The number of para-hydroxylation sites is 1. The first kappa shape index (κ1) is 12.2. The van der Waals surface area contributed by atoms with Gasteiger partial charge in [0.1, 0.15) is 5.82 Å². The van der Waals surface area contributed by atoms with Crippen molar-refractivity contribution in [3.63, 3.8) is 0 Å². The van der Waals surface area contributed by atoms with Crippen LogP contribution in [-0.2, 0) is 5.75 Å². The summed E-state index contributed by atoms with van der Waals surface area (Å²) in [6.45, 7) is 4.38. The van der Waals surface area contributed by atoms with Crippen molar-refractivity contribution in [1.82, 2.24) is 4.98 Å². The van der Waals surface area contributed by atoms with Gasteiger partial charge in [-0.05, 0) is 17.4 Å². The SMILES string of the molecule is CC(C)SCc1cc2ccccc2nc1NN. The third kappa shape index (κ3) is 2.90. The molecular weight excluding hydrogens is 230 g/mol. The first-order valence-electron chi connectivity index (χ1n) is 5.67. The van der Waals surface area contributed by atoms with E-state index in [1.165, 1.54) is 0 Å². The number of hydrazine groups is 1. The molecule has 1 heterocycles. The second kappa shape index (κ2) is 5.38. The van der Waals surface area contributed by atoms with Crippen LogP contribution in [0.1, 0.15) is 19.4 Å². The van der Waals surface area contributed by atoms with Crippen molar-refractivity contribution in [3.8, 4) is 0 Å². The summed E-state index contributed by atoms with van der Waals surface area (Å²) in [4.78, 5) is 4.52. The largest absolute Gasteiger partial charge is 0.308 e. The summed E-state index contributed by atoms with van der Waals surface area (Å²) in [6.07, 6.45) is 0. The number of pyridine rings is 1. The van der Waals surface area contributed by atoms with Gasteiger partial charge in [0, 0.05) is 16.7 Å². The lowest BCUT2D eigenvalue weighted by Gasteiger charge is -2.11. The maximum absolute atomic E-state index is 5.53. The lowest BCUT2D eigenvalue weighted by Crippen LogP contribution is -2.11. The second-order valence-electron chi connectivity index (χ2n) is 4.19. The number of thioether (sulfide) groups is 1. The predicted octanol–water partition coefficient (Wildman–Crippen LogP) is 3.16. The minimum absolute atomic E-state index is 0.604. The molecule has 0 aliphatic rings. The van der Waals surface area contributed by atoms with Crippen LogP contribution in [0.2, 0.25) is 0 Å². The zero-order chi connectivity index (χ0) is 12.3. The van der Waals surface area contributed by atoms with E-state index < -0.39 is 0 Å². The van der Waals surface area contributed by atoms with Gasteiger partial charge in [0.2, 0.25) is 0 Å². The van der Waals surface area contributed by atoms with Crippen molar-refractivity contribution in [2.45, 2.75) is 24.9 Å². The number of hydrogen-bond donors (Lipinski definition) is 2. The Bertz CT molecular complexity index is 511. The van der Waals surface area contributed by atoms with Crippen LogP contribution in [0.25, 0.3) is 10.9 Å². The van der Waals surface area contributed by atoms with Gasteiger partial charge in [0.15, 0.2) is 0 Å². The Balaban J connectivity index is 2.38. The Morgan fingerprint density at radius 2 is 2.12 bits per heavy atom. The van der Waals surface area contributed by atoms with Gasteiger partial charge in [0.05, 0.1) is 5.52 Å². The number of fused-ring (bicyclic) bond motifs is 1. The number of nitrogen functional groups attached to an aromatic ring is 1. The van der Waals surface area contributed by atoms with E-state index in [4.69, 9.17) is 5.84 Å². The molecule has 0 unspecified atom stereocenters. The standard InChI is InChI=1S/C13H17N3S/c1-9(2)17-8-11-7-10-5-3-4-6-12(10)15-13(11)16-14/h3-7,9H,8,14H2,1-2H3,(H,15,16). The van der Waals surface area contributed by atoms with E-state index in [2.05, 4.69) is 36.4 Å². The van der Waals surface area contributed by atoms with Gasteiger partial charge < -0.3 is 5.43 Å². The first-order chi connectivity index (χ1) is 8.20. The fourth-order valence-electron chi connectivity index (χ4n) is 1.65. The molecule has 0 saturated heterocycles. The van der Waals surface area contributed by atoms with Crippen molar-refractivity contribution in [1.29, 1.82) is 0 Å². The monoisotopic (exact) mass is 247 g/mol. The highest BCUT2D eigenvalue weighted by molar-refractivity contribution is 7.99. The van der Waals surface area contributed by atoms with Crippen molar-refractivity contribution in [2.24, 2.45) is 5.84 Å². The van der Waals surface area contributed by atoms with Crippen LogP contribution in [0.4, 0.5) is 5.82 Å². The molecule has 2 rings (SSSR count). The second-order valence-corrected chi connectivity index (χ2v) is 5.76. The van der Waals surface area contributed by atoms with E-state index in [1.54, 1.807) is 0 Å². The lowest BCUT2D eigenvalue weighted by atomic mass is 10.1. The van der Waals surface area contributed by atoms with Crippen molar-refractivity contribution in [2.75, 3.05) is 5.43 Å². The molecule has 0 aliphatic heterocycles. The number of aromatic nitrogens is 1. The number of nitrogens with one attached hydrogen (secondary N) is 1. The van der Waals surface area contributed by atoms with Crippen LogP contribution in [0.5, 0.6) is 0 Å². The molecule has 0 atom stereocenters. The zero-order valence-corrected chi connectivity index (χ0v) is 10.9. The number of anilines is 1. The number of nitrogens with two attached hydrogens (primary N) is 1. The molecule has 0 radical (unpaired) electrons. The Labute approximate surface area is 106 Å². The summed E-state index contributed by atoms with van der Waals surface area (Å²) in [6, 6.07) is 10.2. The maximum Gasteiger partial charge on any atom is 0.144 e. The van der Waals surface area contributed by atoms with Crippen LogP contribution >= 0.6 is 11.8 Å². The molecule has 3 N–H and O–H groups in total. The van der Waals surface area contributed by atoms with E-state index in [-0.39, 0.29) is 0 Å². The van der Waals surface area contributed by atoms with Crippen molar-refractivity contribution in [3.05, 3.63) is 35.9 Å². The highest BCUT2D eigenvalue weighted by Gasteiger charge is 2.06. The molecule has 2 aromatic rings. The van der Waals surface area contributed by atoms with Crippen LogP contribution in [-0.4, -0.2) is 10.2 Å². The molecule has 4 heteroatoms. The summed E-state index contributed by atoms with van der Waals surface area (Å²) in [5, 5.41) is 1.76. The number of rotatable bonds is 4. The topological polar surface area (TPSA) is 50.9 Å². The highest BCUT2D eigenvalue weighted by atomic mass is 32.2. The van der Waals surface area contributed by atoms with E-state index in [0.29, 0.717) is 5.25 Å². The summed E-state index contributed by atoms with van der Waals surface area (Å²) in [5.74, 6) is 7.23. The van der Waals surface area contributed by atoms with Gasteiger partial charge in [-0.1, -0.05) is 32.0 Å². The van der Waals surface area contributed by atoms with E-state index >= 15 is 0 Å². The minimum atomic E-state index is 0.604. The van der Waals surface area contributed by atoms with Gasteiger partial charge in [0.25, 0.3) is 0 Å². The molecule has 0 spiro atoms. The molecule has 0 fully saturated rings. The molecule has 3 nitrogen and oxygen atoms in total. The predicted molar refractivity (Wildman–Crippen MR) is 76.0 cm³/mol. The minimum Gasteiger partial charge on any atom is -0.308 e. The number of nitrogens with zero attached hydrogens (tertiary/aromatic N) is 1. The quantitative estimate of drug-likeness (QED) is 0.643. The summed E-state index contributed by atoms with van der Waals surface area (Å²) in [7, 11) is 0. The fraction of sp³-hybridized carbons (Fsp3) is 0.308. The van der Waals surface area contributed by atoms with Crippen molar-refractivity contribution < 1.29 is 0 Å². The van der Waals surface area contributed by atoms with Crippen LogP contribution in [0.3, 0.4) is 0 Å². The number of hydrogen-bond acceptors (Lipinski definition) is 4. The molecule has 0 saturated carbocycles. The number of benzene rings is 1. The maximum atomic E-state index is 5.53. The average molecular weight is 247 g/mol. The summed E-state index contributed by atoms with van der Waals surface area (Å²) >= 11 is 1.89. The smallest absolute Gasteiger partial charge is 0.144 e. The molecule has 0 amide bonds. The van der Waals surface area contributed by atoms with Crippen LogP contribution in [0.15, 0.2) is 30.3 Å². The Hall–Kier alpha value is -1.26. The zero-order valence-electron chi connectivity index (χ0n) is 10.1. The van der Waals surface area contributed by atoms with Gasteiger partial charge in [-0.2, -0.15) is 11.8 Å². The highest BCUT2D eigenvalue weighted by Crippen LogP contribution is 2.25. The van der Waals surface area contributed by atoms with Gasteiger partial charge in [-0.25, -0.2) is 10.8 Å². The molecule has 0 bridgehead atoms. The van der Waals surface area contributed by atoms with E-state index in [0.717, 1.165) is 28.0 Å². The van der Waals surface area contributed by atoms with Gasteiger partial charge in [-0.15, -0.1) is 0 Å². The first-order valence-corrected chi connectivity index (χ1v) is 6.72. The Kier molecular flexibility index (Phi) is 3.86. The summed E-state index contributed by atoms with van der Waals surface area (Å²) < 4.78 is 0. The van der Waals surface area contributed by atoms with Crippen LogP contribution in [0, 0.1) is 0 Å².